The first-order valence-electron chi connectivity index (χ1n) is 17.6. The van der Waals surface area contributed by atoms with Crippen molar-refractivity contribution >= 4 is 53.9 Å². The molecule has 51 heavy (non-hydrogen) atoms. The highest BCUT2D eigenvalue weighted by molar-refractivity contribution is 6.31. The van der Waals surface area contributed by atoms with E-state index in [0.29, 0.717) is 0 Å². The number of rotatable bonds is 3. The van der Waals surface area contributed by atoms with Gasteiger partial charge in [0.15, 0.2) is 0 Å². The molecule has 0 amide bonds. The molecule has 10 aromatic rings. The van der Waals surface area contributed by atoms with Gasteiger partial charge in [-0.05, 0) is 99.6 Å². The molecule has 1 nitrogen and oxygen atoms in total. The fourth-order valence-corrected chi connectivity index (χ4v) is 8.80. The number of para-hydroxylation sites is 1. The normalized spacial score (nSPS) is 12.1. The van der Waals surface area contributed by atoms with Crippen LogP contribution in [0.1, 0.15) is 0 Å². The summed E-state index contributed by atoms with van der Waals surface area (Å²) in [5, 5.41) is 12.4. The highest BCUT2D eigenvalue weighted by atomic mass is 16.5. The van der Waals surface area contributed by atoms with Gasteiger partial charge in [-0.2, -0.15) is 0 Å². The summed E-state index contributed by atoms with van der Waals surface area (Å²) >= 11 is 0. The van der Waals surface area contributed by atoms with Crippen molar-refractivity contribution in [2.75, 3.05) is 0 Å². The minimum atomic E-state index is 0.906. The number of benzene rings is 10. The van der Waals surface area contributed by atoms with E-state index >= 15 is 0 Å². The van der Waals surface area contributed by atoms with E-state index < -0.39 is 0 Å². The predicted molar refractivity (Wildman–Crippen MR) is 216 cm³/mol. The van der Waals surface area contributed by atoms with Crippen LogP contribution in [0.3, 0.4) is 0 Å². The zero-order chi connectivity index (χ0) is 33.5. The second-order valence-electron chi connectivity index (χ2n) is 13.5. The maximum Gasteiger partial charge on any atom is 0.135 e. The quantitative estimate of drug-likeness (QED) is 0.174. The lowest BCUT2D eigenvalue weighted by atomic mass is 9.80. The van der Waals surface area contributed by atoms with Gasteiger partial charge in [0.25, 0.3) is 0 Å². The molecule has 10 aromatic carbocycles. The SMILES string of the molecule is c1ccc(-c2c3ccccc3c(-c3c4ccccc4c(-c4ccc5c6c(cccc46)Oc4ccccc4-5)c4ccccc34)c3ccccc23)cc1. The smallest absolute Gasteiger partial charge is 0.135 e. The lowest BCUT2D eigenvalue weighted by Crippen LogP contribution is -1.98. The van der Waals surface area contributed by atoms with Crippen LogP contribution in [0, 0.1) is 0 Å². The molecule has 0 unspecified atom stereocenters. The Kier molecular flexibility index (Phi) is 6.02. The molecule has 0 atom stereocenters. The van der Waals surface area contributed by atoms with E-state index in [-0.39, 0.29) is 0 Å². The number of ether oxygens (including phenoxy) is 1. The molecule has 0 bridgehead atoms. The molecular formula is C50H30O. The van der Waals surface area contributed by atoms with Gasteiger partial charge in [0.05, 0.1) is 0 Å². The summed E-state index contributed by atoms with van der Waals surface area (Å²) in [6.45, 7) is 0. The van der Waals surface area contributed by atoms with Crippen LogP contribution in [0.25, 0.3) is 98.4 Å². The summed E-state index contributed by atoms with van der Waals surface area (Å²) in [6, 6.07) is 66.2. The number of hydrogen-bond acceptors (Lipinski definition) is 1. The maximum atomic E-state index is 6.52. The summed E-state index contributed by atoms with van der Waals surface area (Å²) in [4.78, 5) is 0. The highest BCUT2D eigenvalue weighted by Crippen LogP contribution is 2.53. The van der Waals surface area contributed by atoms with Crippen molar-refractivity contribution in [2.45, 2.75) is 0 Å². The van der Waals surface area contributed by atoms with E-state index in [1.54, 1.807) is 0 Å². The van der Waals surface area contributed by atoms with Gasteiger partial charge in [-0.25, -0.2) is 0 Å². The van der Waals surface area contributed by atoms with E-state index in [0.717, 1.165) is 17.1 Å². The first-order chi connectivity index (χ1) is 25.3. The average Bonchev–Trinajstić information content (AvgIpc) is 3.20. The Morgan fingerprint density at radius 1 is 0.235 bits per heavy atom. The molecule has 11 rings (SSSR count). The lowest BCUT2D eigenvalue weighted by Gasteiger charge is -2.24. The fourth-order valence-electron chi connectivity index (χ4n) is 8.80. The average molecular weight is 647 g/mol. The molecule has 0 fully saturated rings. The molecule has 0 spiro atoms. The van der Waals surface area contributed by atoms with Crippen LogP contribution in [0.5, 0.6) is 11.5 Å². The highest BCUT2D eigenvalue weighted by Gasteiger charge is 2.25. The maximum absolute atomic E-state index is 6.52. The van der Waals surface area contributed by atoms with Gasteiger partial charge in [0.1, 0.15) is 11.5 Å². The Bertz CT molecular complexity index is 2930. The van der Waals surface area contributed by atoms with Gasteiger partial charge in [-0.1, -0.05) is 170 Å². The summed E-state index contributed by atoms with van der Waals surface area (Å²) in [5.74, 6) is 1.81. The summed E-state index contributed by atoms with van der Waals surface area (Å²) in [7, 11) is 0. The molecule has 1 aliphatic heterocycles. The standard InChI is InChI=1S/C50H30O/c1-2-15-31(16-3-1)46-33-18-4-8-22-38(33)49(39-23-9-5-19-34(39)46)50-40-24-10-6-20-35(40)47(36-21-7-11-25-41(36)50)43-30-29-42-32-17-12-13-27-44(32)51-45-28-14-26-37(43)48(42)45/h1-30H. The van der Waals surface area contributed by atoms with Crippen LogP contribution in [0.4, 0.5) is 0 Å². The van der Waals surface area contributed by atoms with Crippen molar-refractivity contribution in [3.8, 4) is 56.0 Å². The van der Waals surface area contributed by atoms with Crippen molar-refractivity contribution in [2.24, 2.45) is 0 Å². The molecule has 1 heteroatoms. The van der Waals surface area contributed by atoms with Crippen molar-refractivity contribution in [1.82, 2.24) is 0 Å². The third kappa shape index (κ3) is 4.03. The van der Waals surface area contributed by atoms with Crippen LogP contribution in [0.2, 0.25) is 0 Å². The van der Waals surface area contributed by atoms with E-state index in [4.69, 9.17) is 4.74 Å². The first-order valence-corrected chi connectivity index (χ1v) is 17.6. The molecule has 0 aromatic heterocycles. The Balaban J connectivity index is 1.29. The van der Waals surface area contributed by atoms with Gasteiger partial charge >= 0.3 is 0 Å². The third-order valence-electron chi connectivity index (χ3n) is 10.8. The Hall–Kier alpha value is -6.70. The van der Waals surface area contributed by atoms with Gasteiger partial charge in [0, 0.05) is 10.9 Å². The third-order valence-corrected chi connectivity index (χ3v) is 10.8. The topological polar surface area (TPSA) is 9.23 Å². The van der Waals surface area contributed by atoms with Gasteiger partial charge in [-0.15, -0.1) is 0 Å². The van der Waals surface area contributed by atoms with Gasteiger partial charge < -0.3 is 4.74 Å². The fraction of sp³-hybridized carbons (Fsp3) is 0. The van der Waals surface area contributed by atoms with Gasteiger partial charge in [-0.3, -0.25) is 0 Å². The zero-order valence-electron chi connectivity index (χ0n) is 27.7. The molecule has 0 N–H and O–H groups in total. The molecule has 1 aliphatic rings. The summed E-state index contributed by atoms with van der Waals surface area (Å²) in [5.41, 5.74) is 9.88. The monoisotopic (exact) mass is 646 g/mol. The van der Waals surface area contributed by atoms with Crippen molar-refractivity contribution in [3.05, 3.63) is 182 Å². The first kappa shape index (κ1) is 28.2. The molecule has 0 saturated carbocycles. The Morgan fingerprint density at radius 2 is 0.647 bits per heavy atom. The van der Waals surface area contributed by atoms with E-state index in [1.807, 2.05) is 6.07 Å². The second-order valence-corrected chi connectivity index (χ2v) is 13.5. The number of hydrogen-bond donors (Lipinski definition) is 0. The van der Waals surface area contributed by atoms with Crippen LogP contribution < -0.4 is 4.74 Å². The van der Waals surface area contributed by atoms with Crippen molar-refractivity contribution in [1.29, 1.82) is 0 Å². The molecule has 0 radical (unpaired) electrons. The van der Waals surface area contributed by atoms with Gasteiger partial charge in [0.2, 0.25) is 0 Å². The van der Waals surface area contributed by atoms with Crippen LogP contribution in [-0.4, -0.2) is 0 Å². The Labute approximate surface area is 295 Å². The molecule has 236 valence electrons. The Morgan fingerprint density at radius 3 is 1.22 bits per heavy atom. The zero-order valence-corrected chi connectivity index (χ0v) is 27.7. The van der Waals surface area contributed by atoms with E-state index in [2.05, 4.69) is 176 Å². The van der Waals surface area contributed by atoms with Crippen molar-refractivity contribution < 1.29 is 4.74 Å². The minimum Gasteiger partial charge on any atom is -0.456 e. The second kappa shape index (κ2) is 10.9. The largest absolute Gasteiger partial charge is 0.456 e. The van der Waals surface area contributed by atoms with E-state index in [9.17, 15) is 0 Å². The summed E-state index contributed by atoms with van der Waals surface area (Å²) in [6.07, 6.45) is 0. The summed E-state index contributed by atoms with van der Waals surface area (Å²) < 4.78 is 6.52. The molecular weight excluding hydrogens is 617 g/mol. The minimum absolute atomic E-state index is 0.906. The van der Waals surface area contributed by atoms with Crippen LogP contribution >= 0.6 is 0 Å². The molecule has 0 aliphatic carbocycles. The predicted octanol–water partition coefficient (Wildman–Crippen LogP) is 14.2. The lowest BCUT2D eigenvalue weighted by molar-refractivity contribution is 0.487. The molecule has 1 heterocycles. The van der Waals surface area contributed by atoms with Crippen LogP contribution in [-0.2, 0) is 0 Å². The molecule has 0 saturated heterocycles. The number of fused-ring (bicyclic) bond motifs is 6. The van der Waals surface area contributed by atoms with Crippen molar-refractivity contribution in [3.63, 3.8) is 0 Å². The van der Waals surface area contributed by atoms with Crippen LogP contribution in [0.15, 0.2) is 182 Å². The van der Waals surface area contributed by atoms with E-state index in [1.165, 1.54) is 92.8 Å².